The lowest BCUT2D eigenvalue weighted by molar-refractivity contribution is 0.542. The molecule has 1 saturated heterocycles. The van der Waals surface area contributed by atoms with Gasteiger partial charge in [-0.05, 0) is 30.7 Å². The van der Waals surface area contributed by atoms with E-state index in [1.54, 1.807) is 18.5 Å². The molecule has 0 bridgehead atoms. The summed E-state index contributed by atoms with van der Waals surface area (Å²) >= 11 is 0. The lowest BCUT2D eigenvalue weighted by Gasteiger charge is -2.28. The minimum atomic E-state index is -0.207. The van der Waals surface area contributed by atoms with Gasteiger partial charge in [-0.2, -0.15) is 0 Å². The highest BCUT2D eigenvalue weighted by atomic mass is 19.1. The smallest absolute Gasteiger partial charge is 0.123 e. The predicted octanol–water partition coefficient (Wildman–Crippen LogP) is 1.71. The molecule has 3 rings (SSSR count). The summed E-state index contributed by atoms with van der Waals surface area (Å²) in [4.78, 5) is 8.58. The van der Waals surface area contributed by atoms with Crippen LogP contribution in [0.15, 0.2) is 34.3 Å². The number of piperidine rings is 1. The maximum absolute atomic E-state index is 13.2. The number of nitrogens with one attached hydrogen (secondary N) is 1. The molecule has 2 aliphatic heterocycles. The summed E-state index contributed by atoms with van der Waals surface area (Å²) in [6, 6.07) is 6.86. The standard InChI is InChI=1S/C12H12FN3/c13-9-3-1-2-8(6-9)11-12-10(4-5-14-11)15-7-16-12/h1-3,6-7,10-11,14H,4-5H2. The van der Waals surface area contributed by atoms with Crippen LogP contribution in [0.4, 0.5) is 4.39 Å². The predicted molar refractivity (Wildman–Crippen MR) is 61.5 cm³/mol. The van der Waals surface area contributed by atoms with Crippen molar-refractivity contribution < 1.29 is 4.39 Å². The first-order valence-electron chi connectivity index (χ1n) is 5.43. The van der Waals surface area contributed by atoms with Crippen molar-refractivity contribution in [3.63, 3.8) is 0 Å². The summed E-state index contributed by atoms with van der Waals surface area (Å²) in [5, 5.41) is 3.36. The molecule has 1 aromatic carbocycles. The summed E-state index contributed by atoms with van der Waals surface area (Å²) in [5.74, 6) is -0.207. The van der Waals surface area contributed by atoms with Gasteiger partial charge >= 0.3 is 0 Å². The lowest BCUT2D eigenvalue weighted by atomic mass is 9.92. The second-order valence-electron chi connectivity index (χ2n) is 4.07. The number of hydrogen-bond acceptors (Lipinski definition) is 3. The summed E-state index contributed by atoms with van der Waals surface area (Å²) in [6.07, 6.45) is 2.58. The number of halogens is 1. The van der Waals surface area contributed by atoms with Crippen LogP contribution in [-0.4, -0.2) is 24.6 Å². The first kappa shape index (κ1) is 9.66. The molecule has 1 fully saturated rings. The van der Waals surface area contributed by atoms with Crippen molar-refractivity contribution in [1.29, 1.82) is 0 Å². The maximum Gasteiger partial charge on any atom is 0.123 e. The third-order valence-corrected chi connectivity index (χ3v) is 3.04. The molecular formula is C12H12FN3. The highest BCUT2D eigenvalue weighted by molar-refractivity contribution is 6.03. The van der Waals surface area contributed by atoms with Crippen LogP contribution in [-0.2, 0) is 0 Å². The van der Waals surface area contributed by atoms with Crippen LogP contribution < -0.4 is 5.32 Å². The Morgan fingerprint density at radius 1 is 1.38 bits per heavy atom. The van der Waals surface area contributed by atoms with Crippen LogP contribution in [0.1, 0.15) is 18.0 Å². The Labute approximate surface area is 93.1 Å². The first-order valence-corrected chi connectivity index (χ1v) is 5.43. The van der Waals surface area contributed by atoms with Gasteiger partial charge in [0, 0.05) is 0 Å². The zero-order chi connectivity index (χ0) is 11.0. The highest BCUT2D eigenvalue weighted by Crippen LogP contribution is 2.25. The van der Waals surface area contributed by atoms with Gasteiger partial charge < -0.3 is 5.32 Å². The quantitative estimate of drug-likeness (QED) is 0.764. The van der Waals surface area contributed by atoms with Gasteiger partial charge in [0.25, 0.3) is 0 Å². The van der Waals surface area contributed by atoms with Crippen LogP contribution in [0.25, 0.3) is 0 Å². The summed E-state index contributed by atoms with van der Waals surface area (Å²) in [6.45, 7) is 0.891. The number of hydrogen-bond donors (Lipinski definition) is 1. The van der Waals surface area contributed by atoms with E-state index in [0.29, 0.717) is 0 Å². The van der Waals surface area contributed by atoms with E-state index in [4.69, 9.17) is 0 Å². The average molecular weight is 217 g/mol. The first-order chi connectivity index (χ1) is 7.84. The van der Waals surface area contributed by atoms with Crippen LogP contribution in [0.5, 0.6) is 0 Å². The second kappa shape index (κ2) is 3.79. The van der Waals surface area contributed by atoms with Gasteiger partial charge in [0.1, 0.15) is 12.2 Å². The fraction of sp³-hybridized carbons (Fsp3) is 0.333. The van der Waals surface area contributed by atoms with Crippen molar-refractivity contribution in [2.45, 2.75) is 18.5 Å². The largest absolute Gasteiger partial charge is 0.305 e. The highest BCUT2D eigenvalue weighted by Gasteiger charge is 2.31. The number of fused-ring (bicyclic) bond motifs is 1. The van der Waals surface area contributed by atoms with Crippen LogP contribution in [0, 0.1) is 5.82 Å². The number of benzene rings is 1. The molecule has 3 nitrogen and oxygen atoms in total. The van der Waals surface area contributed by atoms with E-state index in [2.05, 4.69) is 15.3 Å². The van der Waals surface area contributed by atoms with Gasteiger partial charge in [0.2, 0.25) is 0 Å². The Bertz CT molecular complexity index is 467. The minimum absolute atomic E-state index is 0.0111. The van der Waals surface area contributed by atoms with E-state index >= 15 is 0 Å². The van der Waals surface area contributed by atoms with E-state index in [-0.39, 0.29) is 17.9 Å². The summed E-state index contributed by atoms with van der Waals surface area (Å²) < 4.78 is 13.2. The monoisotopic (exact) mass is 217 g/mol. The third kappa shape index (κ3) is 1.55. The molecule has 1 aromatic rings. The zero-order valence-electron chi connectivity index (χ0n) is 8.73. The Morgan fingerprint density at radius 2 is 2.31 bits per heavy atom. The van der Waals surface area contributed by atoms with Crippen LogP contribution >= 0.6 is 0 Å². The fourth-order valence-corrected chi connectivity index (χ4v) is 2.28. The molecule has 0 aliphatic carbocycles. The van der Waals surface area contributed by atoms with Crippen molar-refractivity contribution in [2.75, 3.05) is 6.54 Å². The van der Waals surface area contributed by atoms with Gasteiger partial charge in [-0.15, -0.1) is 0 Å². The van der Waals surface area contributed by atoms with E-state index < -0.39 is 0 Å². The van der Waals surface area contributed by atoms with E-state index in [9.17, 15) is 4.39 Å². The lowest BCUT2D eigenvalue weighted by Crippen LogP contribution is -2.41. The molecule has 0 saturated carbocycles. The molecule has 82 valence electrons. The topological polar surface area (TPSA) is 36.8 Å². The normalized spacial score (nSPS) is 27.7. The minimum Gasteiger partial charge on any atom is -0.305 e. The average Bonchev–Trinajstić information content (AvgIpc) is 2.76. The van der Waals surface area contributed by atoms with Crippen molar-refractivity contribution in [3.8, 4) is 0 Å². The molecule has 0 amide bonds. The summed E-state index contributed by atoms with van der Waals surface area (Å²) in [5.41, 5.74) is 1.94. The van der Waals surface area contributed by atoms with Crippen molar-refractivity contribution in [3.05, 3.63) is 35.6 Å². The third-order valence-electron chi connectivity index (χ3n) is 3.04. The summed E-state index contributed by atoms with van der Waals surface area (Å²) in [7, 11) is 0. The molecule has 2 heterocycles. The molecule has 0 aromatic heterocycles. The number of rotatable bonds is 1. The van der Waals surface area contributed by atoms with E-state index in [1.807, 2.05) is 6.07 Å². The number of nitrogens with zero attached hydrogens (tertiary/aromatic N) is 2. The van der Waals surface area contributed by atoms with Crippen molar-refractivity contribution in [2.24, 2.45) is 9.98 Å². The van der Waals surface area contributed by atoms with E-state index in [1.165, 1.54) is 6.07 Å². The van der Waals surface area contributed by atoms with Crippen molar-refractivity contribution in [1.82, 2.24) is 5.32 Å². The zero-order valence-corrected chi connectivity index (χ0v) is 8.73. The molecule has 2 aliphatic rings. The molecule has 4 heteroatoms. The molecule has 16 heavy (non-hydrogen) atoms. The van der Waals surface area contributed by atoms with Gasteiger partial charge in [-0.3, -0.25) is 4.99 Å². The number of aliphatic imine (C=N–C) groups is 2. The Kier molecular flexibility index (Phi) is 2.29. The van der Waals surface area contributed by atoms with Gasteiger partial charge in [-0.25, -0.2) is 9.38 Å². The van der Waals surface area contributed by atoms with Crippen LogP contribution in [0.3, 0.4) is 0 Å². The van der Waals surface area contributed by atoms with E-state index in [0.717, 1.165) is 24.2 Å². The molecular weight excluding hydrogens is 205 g/mol. The second-order valence-corrected chi connectivity index (χ2v) is 4.07. The molecule has 2 unspecified atom stereocenters. The van der Waals surface area contributed by atoms with Gasteiger partial charge in [0.15, 0.2) is 0 Å². The Hall–Kier alpha value is -1.55. The SMILES string of the molecule is Fc1cccc(C2NCCC3N=CN=C32)c1. The molecule has 0 spiro atoms. The maximum atomic E-state index is 13.2. The molecule has 0 radical (unpaired) electrons. The molecule has 2 atom stereocenters. The Morgan fingerprint density at radius 3 is 3.19 bits per heavy atom. The Balaban J connectivity index is 1.95. The van der Waals surface area contributed by atoms with Gasteiger partial charge in [0.05, 0.1) is 17.8 Å². The molecule has 1 N–H and O–H groups in total. The fourth-order valence-electron chi connectivity index (χ4n) is 2.28. The van der Waals surface area contributed by atoms with Crippen molar-refractivity contribution >= 4 is 12.1 Å². The van der Waals surface area contributed by atoms with Gasteiger partial charge in [-0.1, -0.05) is 12.1 Å². The van der Waals surface area contributed by atoms with Crippen LogP contribution in [0.2, 0.25) is 0 Å².